The molecule has 1 heterocycles. The first-order chi connectivity index (χ1) is 10.2. The normalized spacial score (nSPS) is 23.8. The number of carbonyl (C=O) groups excluding carboxylic acids is 1. The van der Waals surface area contributed by atoms with Gasteiger partial charge in [0.25, 0.3) is 0 Å². The fourth-order valence-electron chi connectivity index (χ4n) is 2.35. The van der Waals surface area contributed by atoms with E-state index in [2.05, 4.69) is 56.5 Å². The summed E-state index contributed by atoms with van der Waals surface area (Å²) in [7, 11) is 0. The fraction of sp³-hybridized carbons (Fsp3) is 0.533. The van der Waals surface area contributed by atoms with Crippen LogP contribution >= 0.6 is 28.3 Å². The van der Waals surface area contributed by atoms with E-state index >= 15 is 0 Å². The maximum atomic E-state index is 12.2. The minimum Gasteiger partial charge on any atom is -0.353 e. The van der Waals surface area contributed by atoms with E-state index in [1.807, 2.05) is 18.2 Å². The number of hydrogen-bond donors (Lipinski definition) is 4. The van der Waals surface area contributed by atoms with Gasteiger partial charge in [-0.1, -0.05) is 53.2 Å². The molecule has 1 aliphatic heterocycles. The highest BCUT2D eigenvalue weighted by molar-refractivity contribution is 9.09. The summed E-state index contributed by atoms with van der Waals surface area (Å²) in [6.45, 7) is 4.55. The lowest BCUT2D eigenvalue weighted by Gasteiger charge is -2.17. The Bertz CT molecular complexity index is 448. The van der Waals surface area contributed by atoms with Crippen LogP contribution in [0, 0.1) is 0 Å². The summed E-state index contributed by atoms with van der Waals surface area (Å²) in [6.07, 6.45) is 1.10. The lowest BCUT2D eigenvalue weighted by atomic mass is 10.0. The molecule has 1 aliphatic rings. The molecule has 1 amide bonds. The van der Waals surface area contributed by atoms with Crippen LogP contribution in [0.3, 0.4) is 0 Å². The maximum Gasteiger partial charge on any atom is 0.239 e. The third kappa shape index (κ3) is 5.21. The highest BCUT2D eigenvalue weighted by Gasteiger charge is 2.38. The number of amides is 1. The van der Waals surface area contributed by atoms with Gasteiger partial charge in [0, 0.05) is 13.1 Å². The molecule has 0 radical (unpaired) electrons. The molecule has 0 aromatic heterocycles. The standard InChI is InChI=1S/C15H23BrN4O.ClH/c1-2-8-17-9-10-18-15(21)14-12(16)13(19-20-14)11-6-4-3-5-7-11;/h3-7,12-14,17,19-20H,2,8-10H2,1H3,(H,18,21);1H. The summed E-state index contributed by atoms with van der Waals surface area (Å²) in [4.78, 5) is 12.2. The van der Waals surface area contributed by atoms with Crippen molar-refractivity contribution in [2.24, 2.45) is 0 Å². The number of hydrazine groups is 1. The first-order valence-electron chi connectivity index (χ1n) is 7.42. The Morgan fingerprint density at radius 2 is 1.91 bits per heavy atom. The number of carbonyl (C=O) groups is 1. The van der Waals surface area contributed by atoms with E-state index in [1.165, 1.54) is 0 Å². The van der Waals surface area contributed by atoms with Gasteiger partial charge in [-0.2, -0.15) is 0 Å². The largest absolute Gasteiger partial charge is 0.353 e. The van der Waals surface area contributed by atoms with Crippen molar-refractivity contribution < 1.29 is 4.79 Å². The molecule has 1 saturated heterocycles. The second kappa shape index (κ2) is 10.2. The Morgan fingerprint density at radius 3 is 2.59 bits per heavy atom. The van der Waals surface area contributed by atoms with Crippen molar-refractivity contribution in [2.45, 2.75) is 30.3 Å². The first-order valence-corrected chi connectivity index (χ1v) is 8.34. The SMILES string of the molecule is CCCNCCNC(=O)C1NNC(c2ccccc2)C1Br.Cl. The molecule has 0 aliphatic carbocycles. The monoisotopic (exact) mass is 390 g/mol. The Balaban J connectivity index is 0.00000242. The number of alkyl halides is 1. The van der Waals surface area contributed by atoms with Crippen molar-refractivity contribution in [1.29, 1.82) is 0 Å². The molecular weight excluding hydrogens is 368 g/mol. The van der Waals surface area contributed by atoms with Gasteiger partial charge in [0.15, 0.2) is 0 Å². The highest BCUT2D eigenvalue weighted by Crippen LogP contribution is 2.28. The van der Waals surface area contributed by atoms with Crippen LogP contribution in [-0.2, 0) is 4.79 Å². The quantitative estimate of drug-likeness (QED) is 0.420. The molecule has 1 aromatic carbocycles. The molecule has 1 fully saturated rings. The lowest BCUT2D eigenvalue weighted by molar-refractivity contribution is -0.122. The van der Waals surface area contributed by atoms with E-state index in [-0.39, 0.29) is 35.2 Å². The summed E-state index contributed by atoms with van der Waals surface area (Å²) >= 11 is 3.64. The summed E-state index contributed by atoms with van der Waals surface area (Å²) < 4.78 is 0. The molecule has 7 heteroatoms. The lowest BCUT2D eigenvalue weighted by Crippen LogP contribution is -2.47. The second-order valence-electron chi connectivity index (χ2n) is 5.14. The van der Waals surface area contributed by atoms with Gasteiger partial charge < -0.3 is 10.6 Å². The molecule has 124 valence electrons. The van der Waals surface area contributed by atoms with Crippen molar-refractivity contribution in [3.63, 3.8) is 0 Å². The van der Waals surface area contributed by atoms with E-state index < -0.39 is 0 Å². The molecule has 0 bridgehead atoms. The molecule has 0 spiro atoms. The zero-order chi connectivity index (χ0) is 15.1. The summed E-state index contributed by atoms with van der Waals surface area (Å²) in [5.74, 6) is 0.0149. The average Bonchev–Trinajstić information content (AvgIpc) is 2.89. The minimum atomic E-state index is -0.276. The van der Waals surface area contributed by atoms with Gasteiger partial charge >= 0.3 is 0 Å². The van der Waals surface area contributed by atoms with E-state index in [4.69, 9.17) is 0 Å². The van der Waals surface area contributed by atoms with Crippen molar-refractivity contribution in [3.05, 3.63) is 35.9 Å². The third-order valence-corrected chi connectivity index (χ3v) is 4.56. The van der Waals surface area contributed by atoms with Crippen molar-refractivity contribution in [1.82, 2.24) is 21.5 Å². The van der Waals surface area contributed by atoms with Gasteiger partial charge in [0.05, 0.1) is 10.9 Å². The molecule has 3 atom stereocenters. The molecule has 4 N–H and O–H groups in total. The molecule has 1 aromatic rings. The predicted octanol–water partition coefficient (Wildman–Crippen LogP) is 1.51. The smallest absolute Gasteiger partial charge is 0.239 e. The van der Waals surface area contributed by atoms with Crippen molar-refractivity contribution >= 4 is 34.2 Å². The molecule has 5 nitrogen and oxygen atoms in total. The number of halogens is 2. The van der Waals surface area contributed by atoms with Gasteiger partial charge in [-0.15, -0.1) is 12.4 Å². The number of hydrogen-bond acceptors (Lipinski definition) is 4. The molecule has 3 unspecified atom stereocenters. The minimum absolute atomic E-state index is 0. The van der Waals surface area contributed by atoms with Gasteiger partial charge in [-0.05, 0) is 18.5 Å². The van der Waals surface area contributed by atoms with E-state index in [0.717, 1.165) is 25.1 Å². The predicted molar refractivity (Wildman–Crippen MR) is 95.4 cm³/mol. The van der Waals surface area contributed by atoms with Gasteiger partial charge in [-0.25, -0.2) is 10.9 Å². The van der Waals surface area contributed by atoms with Gasteiger partial charge in [0.1, 0.15) is 6.04 Å². The van der Waals surface area contributed by atoms with E-state index in [0.29, 0.717) is 6.54 Å². The molecule has 2 rings (SSSR count). The van der Waals surface area contributed by atoms with E-state index in [9.17, 15) is 4.79 Å². The maximum absolute atomic E-state index is 12.2. The molecule has 0 saturated carbocycles. The Labute approximate surface area is 146 Å². The summed E-state index contributed by atoms with van der Waals surface area (Å²) in [5, 5.41) is 6.22. The van der Waals surface area contributed by atoms with Crippen LogP contribution in [0.5, 0.6) is 0 Å². The van der Waals surface area contributed by atoms with Crippen molar-refractivity contribution in [2.75, 3.05) is 19.6 Å². The zero-order valence-corrected chi connectivity index (χ0v) is 15.0. The van der Waals surface area contributed by atoms with Crippen LogP contribution in [0.25, 0.3) is 0 Å². The van der Waals surface area contributed by atoms with Crippen LogP contribution in [-0.4, -0.2) is 36.4 Å². The first kappa shape index (κ1) is 19.4. The van der Waals surface area contributed by atoms with Crippen LogP contribution in [0.15, 0.2) is 30.3 Å². The molecular formula is C15H24BrClN4O. The number of benzene rings is 1. The van der Waals surface area contributed by atoms with Gasteiger partial charge in [0.2, 0.25) is 5.91 Å². The Morgan fingerprint density at radius 1 is 1.18 bits per heavy atom. The third-order valence-electron chi connectivity index (χ3n) is 3.50. The number of nitrogens with one attached hydrogen (secondary N) is 4. The van der Waals surface area contributed by atoms with Crippen LogP contribution < -0.4 is 21.5 Å². The topological polar surface area (TPSA) is 65.2 Å². The Kier molecular flexibility index (Phi) is 8.97. The van der Waals surface area contributed by atoms with Crippen LogP contribution in [0.4, 0.5) is 0 Å². The van der Waals surface area contributed by atoms with Crippen LogP contribution in [0.2, 0.25) is 0 Å². The average molecular weight is 392 g/mol. The van der Waals surface area contributed by atoms with Crippen LogP contribution in [0.1, 0.15) is 24.9 Å². The zero-order valence-electron chi connectivity index (χ0n) is 12.6. The summed E-state index contributed by atoms with van der Waals surface area (Å²) in [6, 6.07) is 9.92. The van der Waals surface area contributed by atoms with Gasteiger partial charge in [-0.3, -0.25) is 4.79 Å². The second-order valence-corrected chi connectivity index (χ2v) is 6.20. The highest BCUT2D eigenvalue weighted by atomic mass is 79.9. The summed E-state index contributed by atoms with van der Waals surface area (Å²) in [5.41, 5.74) is 7.43. The van der Waals surface area contributed by atoms with E-state index in [1.54, 1.807) is 0 Å². The fourth-order valence-corrected chi connectivity index (χ4v) is 3.16. The Hall–Kier alpha value is -0.660. The van der Waals surface area contributed by atoms with Crippen molar-refractivity contribution in [3.8, 4) is 0 Å². The molecule has 22 heavy (non-hydrogen) atoms. The number of rotatable bonds is 7.